The summed E-state index contributed by atoms with van der Waals surface area (Å²) in [6.07, 6.45) is 2.29. The molecular formula is C16H23Cl2IN4O. The van der Waals surface area contributed by atoms with Crippen LogP contribution in [0.5, 0.6) is 0 Å². The molecule has 2 rings (SSSR count). The second-order valence-corrected chi connectivity index (χ2v) is 6.61. The molecule has 3 N–H and O–H groups in total. The van der Waals surface area contributed by atoms with Gasteiger partial charge in [0.05, 0.1) is 16.6 Å². The van der Waals surface area contributed by atoms with Gasteiger partial charge in [0.1, 0.15) is 0 Å². The first-order valence-corrected chi connectivity index (χ1v) is 8.51. The molecule has 134 valence electrons. The summed E-state index contributed by atoms with van der Waals surface area (Å²) in [5.74, 6) is 1.11. The van der Waals surface area contributed by atoms with E-state index in [1.807, 2.05) is 0 Å². The number of halogens is 3. The number of carbonyl (C=O) groups is 1. The summed E-state index contributed by atoms with van der Waals surface area (Å²) in [7, 11) is 0. The van der Waals surface area contributed by atoms with Crippen molar-refractivity contribution in [3.63, 3.8) is 0 Å². The van der Waals surface area contributed by atoms with Gasteiger partial charge in [-0.15, -0.1) is 24.0 Å². The summed E-state index contributed by atoms with van der Waals surface area (Å²) in [4.78, 5) is 18.4. The lowest BCUT2D eigenvalue weighted by atomic mass is 10.00. The molecule has 1 aliphatic rings. The summed E-state index contributed by atoms with van der Waals surface area (Å²) in [5.41, 5.74) is 6.46. The van der Waals surface area contributed by atoms with Crippen molar-refractivity contribution in [1.82, 2.24) is 10.2 Å². The average Bonchev–Trinajstić information content (AvgIpc) is 2.54. The molecule has 1 heterocycles. The Morgan fingerprint density at radius 2 is 2.00 bits per heavy atom. The molecule has 1 saturated heterocycles. The molecule has 1 aliphatic heterocycles. The fourth-order valence-corrected chi connectivity index (χ4v) is 2.72. The number of rotatable bonds is 4. The zero-order valence-electron chi connectivity index (χ0n) is 13.6. The lowest BCUT2D eigenvalue weighted by Crippen LogP contribution is -2.42. The maximum absolute atomic E-state index is 12.0. The molecule has 0 bridgehead atoms. The Bertz CT molecular complexity index is 589. The van der Waals surface area contributed by atoms with E-state index in [0.717, 1.165) is 31.8 Å². The van der Waals surface area contributed by atoms with Crippen LogP contribution in [0.15, 0.2) is 23.2 Å². The van der Waals surface area contributed by atoms with Gasteiger partial charge in [0.2, 0.25) is 0 Å². The molecule has 1 aromatic carbocycles. The number of piperidine rings is 1. The highest BCUT2D eigenvalue weighted by molar-refractivity contribution is 14.0. The van der Waals surface area contributed by atoms with Gasteiger partial charge in [-0.3, -0.25) is 9.79 Å². The molecule has 0 atom stereocenters. The number of carbonyl (C=O) groups excluding carboxylic acids is 1. The summed E-state index contributed by atoms with van der Waals surface area (Å²) in [6.45, 7) is 5.02. The molecule has 0 aliphatic carbocycles. The van der Waals surface area contributed by atoms with E-state index in [9.17, 15) is 4.79 Å². The van der Waals surface area contributed by atoms with Gasteiger partial charge in [0, 0.05) is 25.2 Å². The fraction of sp³-hybridized carbons (Fsp3) is 0.500. The lowest BCUT2D eigenvalue weighted by Gasteiger charge is -2.31. The minimum atomic E-state index is -0.205. The van der Waals surface area contributed by atoms with Crippen molar-refractivity contribution < 1.29 is 4.79 Å². The van der Waals surface area contributed by atoms with Crippen LogP contribution in [-0.4, -0.2) is 42.9 Å². The van der Waals surface area contributed by atoms with E-state index in [2.05, 4.69) is 22.1 Å². The predicted octanol–water partition coefficient (Wildman–Crippen LogP) is 3.39. The van der Waals surface area contributed by atoms with E-state index >= 15 is 0 Å². The Hall–Kier alpha value is -0.730. The number of nitrogens with two attached hydrogens (primary N) is 1. The van der Waals surface area contributed by atoms with Crippen LogP contribution >= 0.6 is 47.2 Å². The number of aliphatic imine (C=N–C) groups is 1. The van der Waals surface area contributed by atoms with Gasteiger partial charge in [-0.2, -0.15) is 0 Å². The normalized spacial score (nSPS) is 15.8. The predicted molar refractivity (Wildman–Crippen MR) is 111 cm³/mol. The molecular weight excluding hydrogens is 462 g/mol. The standard InChI is InChI=1S/C16H22Cl2N4O.HI/c1-11-4-8-22(9-5-11)16(19)21-7-6-20-15(23)12-2-3-13(17)14(18)10-12;/h2-3,10-11H,4-9H2,1H3,(H2,19,21)(H,20,23);1H. The third-order valence-electron chi connectivity index (χ3n) is 3.96. The Labute approximate surface area is 170 Å². The van der Waals surface area contributed by atoms with Crippen LogP contribution < -0.4 is 11.1 Å². The monoisotopic (exact) mass is 484 g/mol. The molecule has 0 spiro atoms. The highest BCUT2D eigenvalue weighted by Gasteiger charge is 2.16. The zero-order chi connectivity index (χ0) is 16.8. The highest BCUT2D eigenvalue weighted by atomic mass is 127. The number of hydrogen-bond donors (Lipinski definition) is 2. The van der Waals surface area contributed by atoms with Gasteiger partial charge >= 0.3 is 0 Å². The summed E-state index contributed by atoms with van der Waals surface area (Å²) < 4.78 is 0. The van der Waals surface area contributed by atoms with Crippen LogP contribution in [-0.2, 0) is 0 Å². The summed E-state index contributed by atoms with van der Waals surface area (Å²) in [6, 6.07) is 4.79. The van der Waals surface area contributed by atoms with Crippen molar-refractivity contribution >= 4 is 59.0 Å². The van der Waals surface area contributed by atoms with E-state index in [1.165, 1.54) is 0 Å². The molecule has 24 heavy (non-hydrogen) atoms. The van der Waals surface area contributed by atoms with Crippen molar-refractivity contribution in [3.8, 4) is 0 Å². The summed E-state index contributed by atoms with van der Waals surface area (Å²) >= 11 is 11.7. The number of amides is 1. The molecule has 0 aromatic heterocycles. The van der Waals surface area contributed by atoms with E-state index in [0.29, 0.717) is 34.7 Å². The van der Waals surface area contributed by atoms with Gasteiger partial charge in [-0.25, -0.2) is 0 Å². The number of hydrogen-bond acceptors (Lipinski definition) is 2. The molecule has 0 radical (unpaired) electrons. The Morgan fingerprint density at radius 3 is 2.62 bits per heavy atom. The Balaban J connectivity index is 0.00000288. The Morgan fingerprint density at radius 1 is 1.33 bits per heavy atom. The molecule has 1 aromatic rings. The number of nitrogens with one attached hydrogen (secondary N) is 1. The number of likely N-dealkylation sites (tertiary alicyclic amines) is 1. The van der Waals surface area contributed by atoms with Crippen LogP contribution in [0, 0.1) is 5.92 Å². The first-order chi connectivity index (χ1) is 11.0. The van der Waals surface area contributed by atoms with Gasteiger partial charge < -0.3 is 16.0 Å². The number of guanidine groups is 1. The van der Waals surface area contributed by atoms with Crippen molar-refractivity contribution in [2.45, 2.75) is 19.8 Å². The lowest BCUT2D eigenvalue weighted by molar-refractivity contribution is 0.0955. The van der Waals surface area contributed by atoms with Crippen molar-refractivity contribution in [2.75, 3.05) is 26.2 Å². The van der Waals surface area contributed by atoms with Crippen LogP contribution in [0.4, 0.5) is 0 Å². The average molecular weight is 485 g/mol. The SMILES string of the molecule is CC1CCN(C(N)=NCCNC(=O)c2ccc(Cl)c(Cl)c2)CC1.I. The van der Waals surface area contributed by atoms with Gasteiger partial charge in [0.25, 0.3) is 5.91 Å². The molecule has 0 saturated carbocycles. The maximum atomic E-state index is 12.0. The smallest absolute Gasteiger partial charge is 0.251 e. The number of nitrogens with zero attached hydrogens (tertiary/aromatic N) is 2. The van der Waals surface area contributed by atoms with Crippen molar-refractivity contribution in [3.05, 3.63) is 33.8 Å². The second-order valence-electron chi connectivity index (χ2n) is 5.79. The summed E-state index contributed by atoms with van der Waals surface area (Å²) in [5, 5.41) is 3.58. The minimum Gasteiger partial charge on any atom is -0.370 e. The first kappa shape index (κ1) is 21.3. The maximum Gasteiger partial charge on any atom is 0.251 e. The number of benzene rings is 1. The fourth-order valence-electron chi connectivity index (χ4n) is 2.42. The first-order valence-electron chi connectivity index (χ1n) is 7.75. The van der Waals surface area contributed by atoms with E-state index < -0.39 is 0 Å². The van der Waals surface area contributed by atoms with E-state index in [4.69, 9.17) is 28.9 Å². The van der Waals surface area contributed by atoms with E-state index in [1.54, 1.807) is 18.2 Å². The Kier molecular flexibility index (Phi) is 9.15. The van der Waals surface area contributed by atoms with Gasteiger partial charge in [-0.1, -0.05) is 30.1 Å². The molecule has 8 heteroatoms. The quantitative estimate of drug-likeness (QED) is 0.298. The highest BCUT2D eigenvalue weighted by Crippen LogP contribution is 2.22. The second kappa shape index (κ2) is 10.3. The minimum absolute atomic E-state index is 0. The van der Waals surface area contributed by atoms with Gasteiger partial charge in [0.15, 0.2) is 5.96 Å². The molecule has 0 unspecified atom stereocenters. The van der Waals surface area contributed by atoms with Crippen LogP contribution in [0.1, 0.15) is 30.1 Å². The molecule has 1 amide bonds. The largest absolute Gasteiger partial charge is 0.370 e. The topological polar surface area (TPSA) is 70.7 Å². The molecule has 1 fully saturated rings. The van der Waals surface area contributed by atoms with Crippen molar-refractivity contribution in [1.29, 1.82) is 0 Å². The van der Waals surface area contributed by atoms with Crippen LogP contribution in [0.25, 0.3) is 0 Å². The van der Waals surface area contributed by atoms with E-state index in [-0.39, 0.29) is 29.9 Å². The van der Waals surface area contributed by atoms with Crippen LogP contribution in [0.3, 0.4) is 0 Å². The van der Waals surface area contributed by atoms with Gasteiger partial charge in [-0.05, 0) is 37.0 Å². The van der Waals surface area contributed by atoms with Crippen LogP contribution in [0.2, 0.25) is 10.0 Å². The molecule has 5 nitrogen and oxygen atoms in total. The third kappa shape index (κ3) is 6.29. The zero-order valence-corrected chi connectivity index (χ0v) is 17.4. The van der Waals surface area contributed by atoms with Crippen molar-refractivity contribution in [2.24, 2.45) is 16.6 Å². The third-order valence-corrected chi connectivity index (χ3v) is 4.70.